The molecular weight excluding hydrogens is 288 g/mol. The van der Waals surface area contributed by atoms with Gasteiger partial charge in [-0.25, -0.2) is 8.42 Å². The molecule has 0 bridgehead atoms. The minimum absolute atomic E-state index is 0.101. The third-order valence-corrected chi connectivity index (χ3v) is 5.31. The van der Waals surface area contributed by atoms with E-state index in [1.165, 1.54) is 6.26 Å². The van der Waals surface area contributed by atoms with E-state index in [1.54, 1.807) is 0 Å². The lowest BCUT2D eigenvalue weighted by Crippen LogP contribution is -2.33. The third kappa shape index (κ3) is 4.48. The van der Waals surface area contributed by atoms with Crippen molar-refractivity contribution in [2.45, 2.75) is 37.0 Å². The number of hydrogen-bond acceptors (Lipinski definition) is 4. The van der Waals surface area contributed by atoms with E-state index in [-0.39, 0.29) is 18.0 Å². The van der Waals surface area contributed by atoms with Crippen molar-refractivity contribution >= 4 is 9.84 Å². The molecule has 1 saturated carbocycles. The Morgan fingerprint density at radius 3 is 2.81 bits per heavy atom. The number of sulfone groups is 1. The van der Waals surface area contributed by atoms with Gasteiger partial charge in [0.05, 0.1) is 10.8 Å². The van der Waals surface area contributed by atoms with Crippen LogP contribution < -0.4 is 4.74 Å². The number of hydrogen-bond donors (Lipinski definition) is 1. The lowest BCUT2D eigenvalue weighted by atomic mass is 9.97. The average molecular weight is 308 g/mol. The highest BCUT2D eigenvalue weighted by molar-refractivity contribution is 7.91. The molecule has 4 nitrogen and oxygen atoms in total. The minimum atomic E-state index is -3.02. The Morgan fingerprint density at radius 2 is 2.10 bits per heavy atom. The Kier molecular flexibility index (Phi) is 5.27. The summed E-state index contributed by atoms with van der Waals surface area (Å²) in [6.07, 6.45) is 4.14. The van der Waals surface area contributed by atoms with Crippen LogP contribution in [0.4, 0.5) is 0 Å². The van der Waals surface area contributed by atoms with Gasteiger partial charge in [-0.3, -0.25) is 0 Å². The molecule has 114 valence electrons. The predicted molar refractivity (Wildman–Crippen MR) is 81.9 cm³/mol. The van der Waals surface area contributed by atoms with Crippen molar-refractivity contribution in [1.82, 2.24) is 0 Å². The first-order chi connectivity index (χ1) is 10.0. The molecule has 1 aliphatic carbocycles. The van der Waals surface area contributed by atoms with Gasteiger partial charge in [0.25, 0.3) is 0 Å². The largest absolute Gasteiger partial charge is 0.489 e. The summed E-state index contributed by atoms with van der Waals surface area (Å²) in [5.41, 5.74) is 0.716. The van der Waals surface area contributed by atoms with E-state index in [4.69, 9.17) is 9.84 Å². The zero-order valence-corrected chi connectivity index (χ0v) is 12.9. The Bertz CT molecular complexity index is 640. The van der Waals surface area contributed by atoms with E-state index in [1.807, 2.05) is 24.3 Å². The van der Waals surface area contributed by atoms with Gasteiger partial charge in [-0.15, -0.1) is 0 Å². The van der Waals surface area contributed by atoms with Crippen molar-refractivity contribution in [2.24, 2.45) is 0 Å². The summed E-state index contributed by atoms with van der Waals surface area (Å²) in [7, 11) is -3.02. The molecule has 1 fully saturated rings. The number of aliphatic hydroxyl groups excluding tert-OH is 1. The van der Waals surface area contributed by atoms with Crippen molar-refractivity contribution < 1.29 is 18.3 Å². The molecule has 1 aromatic rings. The van der Waals surface area contributed by atoms with Gasteiger partial charge in [-0.2, -0.15) is 0 Å². The Hall–Kier alpha value is -1.51. The first-order valence-electron chi connectivity index (χ1n) is 7.05. The molecule has 1 aliphatic rings. The third-order valence-electron chi connectivity index (χ3n) is 3.67. The van der Waals surface area contributed by atoms with Gasteiger partial charge in [0.2, 0.25) is 0 Å². The molecule has 1 N–H and O–H groups in total. The highest BCUT2D eigenvalue weighted by atomic mass is 32.2. The van der Waals surface area contributed by atoms with Crippen LogP contribution in [0.15, 0.2) is 24.3 Å². The van der Waals surface area contributed by atoms with Gasteiger partial charge < -0.3 is 9.84 Å². The number of rotatable bonds is 3. The van der Waals surface area contributed by atoms with E-state index in [9.17, 15) is 8.42 Å². The van der Waals surface area contributed by atoms with Gasteiger partial charge in [-0.05, 0) is 31.4 Å². The fraction of sp³-hybridized carbons (Fsp3) is 0.500. The van der Waals surface area contributed by atoms with Gasteiger partial charge in [0, 0.05) is 12.7 Å². The summed E-state index contributed by atoms with van der Waals surface area (Å²) < 4.78 is 29.3. The molecule has 2 unspecified atom stereocenters. The van der Waals surface area contributed by atoms with Gasteiger partial charge in [0.1, 0.15) is 28.3 Å². The van der Waals surface area contributed by atoms with E-state index in [0.29, 0.717) is 24.2 Å². The van der Waals surface area contributed by atoms with Crippen LogP contribution in [-0.4, -0.2) is 37.7 Å². The molecule has 0 spiro atoms. The van der Waals surface area contributed by atoms with E-state index < -0.39 is 9.84 Å². The minimum Gasteiger partial charge on any atom is -0.489 e. The van der Waals surface area contributed by atoms with Crippen molar-refractivity contribution in [3.05, 3.63) is 29.8 Å². The van der Waals surface area contributed by atoms with Gasteiger partial charge in [-0.1, -0.05) is 24.0 Å². The predicted octanol–water partition coefficient (Wildman–Crippen LogP) is 1.77. The molecule has 2 atom stereocenters. The van der Waals surface area contributed by atoms with Crippen LogP contribution in [0.3, 0.4) is 0 Å². The van der Waals surface area contributed by atoms with E-state index >= 15 is 0 Å². The first-order valence-corrected chi connectivity index (χ1v) is 9.00. The molecule has 0 aromatic heterocycles. The topological polar surface area (TPSA) is 63.6 Å². The second-order valence-corrected chi connectivity index (χ2v) is 7.64. The summed E-state index contributed by atoms with van der Waals surface area (Å²) in [5.74, 6) is 6.11. The molecule has 0 aliphatic heterocycles. The number of aliphatic hydroxyl groups is 1. The monoisotopic (exact) mass is 308 g/mol. The van der Waals surface area contributed by atoms with Gasteiger partial charge in [0.15, 0.2) is 0 Å². The highest BCUT2D eigenvalue weighted by Crippen LogP contribution is 2.28. The molecule has 5 heteroatoms. The molecule has 0 amide bonds. The molecule has 0 saturated heterocycles. The fourth-order valence-electron chi connectivity index (χ4n) is 2.59. The molecule has 0 radical (unpaired) electrons. The van der Waals surface area contributed by atoms with E-state index in [2.05, 4.69) is 11.8 Å². The molecular formula is C16H20O4S. The summed E-state index contributed by atoms with van der Waals surface area (Å²) in [6, 6.07) is 7.37. The molecule has 21 heavy (non-hydrogen) atoms. The number of ether oxygens (including phenoxy) is 1. The second kappa shape index (κ2) is 6.97. The average Bonchev–Trinajstić information content (AvgIpc) is 2.46. The zero-order chi connectivity index (χ0) is 15.3. The molecule has 0 heterocycles. The summed E-state index contributed by atoms with van der Waals surface area (Å²) in [6.45, 7) is -0.200. The first kappa shape index (κ1) is 15.9. The Labute approximate surface area is 126 Å². The SMILES string of the molecule is CS(=O)(=O)C1CCCC(Oc2ccccc2C#CCO)C1. The smallest absolute Gasteiger partial charge is 0.150 e. The summed E-state index contributed by atoms with van der Waals surface area (Å²) in [5, 5.41) is 8.47. The van der Waals surface area contributed by atoms with Crippen molar-refractivity contribution in [2.75, 3.05) is 12.9 Å². The van der Waals surface area contributed by atoms with E-state index in [0.717, 1.165) is 12.8 Å². The standard InChI is InChI=1S/C16H20O4S/c1-21(18,19)15-9-4-8-14(12-15)20-16-10-3-2-6-13(16)7-5-11-17/h2-3,6,10,14-15,17H,4,8-9,11-12H2,1H3. The van der Waals surface area contributed by atoms with Crippen molar-refractivity contribution in [3.8, 4) is 17.6 Å². The quantitative estimate of drug-likeness (QED) is 0.864. The van der Waals surface area contributed by atoms with Crippen LogP contribution in [0.1, 0.15) is 31.2 Å². The van der Waals surface area contributed by atoms with Gasteiger partial charge >= 0.3 is 0 Å². The summed E-state index contributed by atoms with van der Waals surface area (Å²) in [4.78, 5) is 0. The highest BCUT2D eigenvalue weighted by Gasteiger charge is 2.30. The number of benzene rings is 1. The normalized spacial score (nSPS) is 22.2. The van der Waals surface area contributed by atoms with Crippen LogP contribution in [0, 0.1) is 11.8 Å². The number of para-hydroxylation sites is 1. The fourth-order valence-corrected chi connectivity index (χ4v) is 3.74. The maximum Gasteiger partial charge on any atom is 0.150 e. The maximum atomic E-state index is 11.7. The van der Waals surface area contributed by atoms with Crippen LogP contribution in [-0.2, 0) is 9.84 Å². The Morgan fingerprint density at radius 1 is 1.33 bits per heavy atom. The second-order valence-electron chi connectivity index (χ2n) is 5.31. The lowest BCUT2D eigenvalue weighted by Gasteiger charge is -2.28. The van der Waals surface area contributed by atoms with Crippen LogP contribution >= 0.6 is 0 Å². The van der Waals surface area contributed by atoms with Crippen molar-refractivity contribution in [3.63, 3.8) is 0 Å². The molecule has 2 rings (SSSR count). The molecule has 1 aromatic carbocycles. The summed E-state index contributed by atoms with van der Waals surface area (Å²) >= 11 is 0. The maximum absolute atomic E-state index is 11.7. The van der Waals surface area contributed by atoms with Crippen molar-refractivity contribution in [1.29, 1.82) is 0 Å². The van der Waals surface area contributed by atoms with Crippen LogP contribution in [0.2, 0.25) is 0 Å². The lowest BCUT2D eigenvalue weighted by molar-refractivity contribution is 0.156. The van der Waals surface area contributed by atoms with Crippen LogP contribution in [0.5, 0.6) is 5.75 Å². The zero-order valence-electron chi connectivity index (χ0n) is 12.1. The van der Waals surface area contributed by atoms with Crippen LogP contribution in [0.25, 0.3) is 0 Å². The Balaban J connectivity index is 2.11.